The smallest absolute Gasteiger partial charge is 0.317 e. The molecule has 0 aromatic heterocycles. The average Bonchev–Trinajstić information content (AvgIpc) is 2.69. The van der Waals surface area contributed by atoms with E-state index >= 15 is 0 Å². The fourth-order valence-corrected chi connectivity index (χ4v) is 3.72. The molecule has 0 amide bonds. The second-order valence-corrected chi connectivity index (χ2v) is 9.20. The Morgan fingerprint density at radius 2 is 1.70 bits per heavy atom. The van der Waals surface area contributed by atoms with Crippen LogP contribution in [0.1, 0.15) is 45.4 Å². The molecule has 1 fully saturated rings. The highest BCUT2D eigenvalue weighted by Gasteiger charge is 2.35. The molecule has 134 valence electrons. The van der Waals surface area contributed by atoms with E-state index in [-0.39, 0.29) is 38.5 Å². The highest BCUT2D eigenvalue weighted by Crippen LogP contribution is 2.25. The molecule has 3 unspecified atom stereocenters. The lowest BCUT2D eigenvalue weighted by atomic mass is 9.98. The van der Waals surface area contributed by atoms with E-state index < -0.39 is 48.6 Å². The number of hydrogen-bond acceptors (Lipinski definition) is 7. The summed E-state index contributed by atoms with van der Waals surface area (Å²) < 4.78 is 66.9. The van der Waals surface area contributed by atoms with E-state index in [1.807, 2.05) is 0 Å². The van der Waals surface area contributed by atoms with Gasteiger partial charge in [-0.05, 0) is 32.6 Å². The Morgan fingerprint density at radius 3 is 2.13 bits per heavy atom. The topological polar surface area (TPSA) is 152 Å². The number of rotatable bonds is 9. The maximum atomic E-state index is 11.4. The first-order valence-electron chi connectivity index (χ1n) is 7.08. The van der Waals surface area contributed by atoms with Crippen molar-refractivity contribution in [3.05, 3.63) is 0 Å². The van der Waals surface area contributed by atoms with Crippen molar-refractivity contribution in [1.29, 1.82) is 0 Å². The Labute approximate surface area is 134 Å². The SMILES string of the molecule is CC(CCCC(CCC1CC(=O)OC1=O)S(=O)(=O)O)S(=O)(=O)O. The van der Waals surface area contributed by atoms with Crippen LogP contribution in [0.4, 0.5) is 0 Å². The summed E-state index contributed by atoms with van der Waals surface area (Å²) in [6.07, 6.45) is 0.0779. The fourth-order valence-electron chi connectivity index (χ4n) is 2.35. The van der Waals surface area contributed by atoms with Gasteiger partial charge < -0.3 is 4.74 Å². The van der Waals surface area contributed by atoms with Crippen LogP contribution in [0.5, 0.6) is 0 Å². The molecule has 0 aromatic carbocycles. The first-order valence-corrected chi connectivity index (χ1v) is 10.1. The maximum Gasteiger partial charge on any atom is 0.317 e. The molecule has 2 N–H and O–H groups in total. The van der Waals surface area contributed by atoms with Gasteiger partial charge in [0.2, 0.25) is 0 Å². The van der Waals surface area contributed by atoms with E-state index in [2.05, 4.69) is 4.74 Å². The molecule has 3 atom stereocenters. The highest BCUT2D eigenvalue weighted by atomic mass is 32.2. The van der Waals surface area contributed by atoms with E-state index in [0.29, 0.717) is 0 Å². The fraction of sp³-hybridized carbons (Fsp3) is 0.833. The van der Waals surface area contributed by atoms with Gasteiger partial charge in [-0.2, -0.15) is 16.8 Å². The molecule has 0 bridgehead atoms. The molecular weight excluding hydrogens is 352 g/mol. The van der Waals surface area contributed by atoms with Crippen LogP contribution in [0, 0.1) is 5.92 Å². The summed E-state index contributed by atoms with van der Waals surface area (Å²) in [5, 5.41) is -2.20. The van der Waals surface area contributed by atoms with Gasteiger partial charge in [0.15, 0.2) is 0 Å². The Morgan fingerprint density at radius 1 is 1.09 bits per heavy atom. The molecule has 23 heavy (non-hydrogen) atoms. The third-order valence-corrected chi connectivity index (χ3v) is 6.43. The lowest BCUT2D eigenvalue weighted by Crippen LogP contribution is -2.23. The standard InChI is InChI=1S/C12H20O9S2/c1-8(22(15,16)17)3-2-4-10(23(18,19)20)6-5-9-7-11(13)21-12(9)14/h8-10H,2-7H2,1H3,(H,15,16,17)(H,18,19,20). The Hall–Kier alpha value is -1.04. The monoisotopic (exact) mass is 372 g/mol. The number of carbonyl (C=O) groups is 2. The molecule has 0 spiro atoms. The molecule has 1 aliphatic heterocycles. The predicted molar refractivity (Wildman–Crippen MR) is 78.6 cm³/mol. The van der Waals surface area contributed by atoms with Gasteiger partial charge in [0.1, 0.15) is 0 Å². The third-order valence-electron chi connectivity index (χ3n) is 3.86. The molecule has 0 aliphatic carbocycles. The largest absolute Gasteiger partial charge is 0.393 e. The summed E-state index contributed by atoms with van der Waals surface area (Å²) in [4.78, 5) is 22.3. The number of esters is 2. The molecule has 1 rings (SSSR count). The van der Waals surface area contributed by atoms with Crippen molar-refractivity contribution >= 4 is 32.2 Å². The van der Waals surface area contributed by atoms with Crippen molar-refractivity contribution in [1.82, 2.24) is 0 Å². The van der Waals surface area contributed by atoms with Crippen molar-refractivity contribution in [2.24, 2.45) is 5.92 Å². The maximum absolute atomic E-state index is 11.4. The summed E-state index contributed by atoms with van der Waals surface area (Å²) >= 11 is 0. The van der Waals surface area contributed by atoms with E-state index in [1.54, 1.807) is 0 Å². The van der Waals surface area contributed by atoms with Gasteiger partial charge in [0, 0.05) is 0 Å². The van der Waals surface area contributed by atoms with Gasteiger partial charge in [0.05, 0.1) is 22.8 Å². The Kier molecular flexibility index (Phi) is 6.69. The lowest BCUT2D eigenvalue weighted by Gasteiger charge is -2.15. The van der Waals surface area contributed by atoms with Crippen LogP contribution in [-0.2, 0) is 34.6 Å². The van der Waals surface area contributed by atoms with Crippen LogP contribution >= 0.6 is 0 Å². The van der Waals surface area contributed by atoms with Crippen LogP contribution in [0.2, 0.25) is 0 Å². The Bertz CT molecular complexity index is 650. The number of ether oxygens (including phenoxy) is 1. The van der Waals surface area contributed by atoms with Gasteiger partial charge in [0.25, 0.3) is 20.2 Å². The molecule has 0 saturated carbocycles. The second-order valence-electron chi connectivity index (χ2n) is 5.66. The summed E-state index contributed by atoms with van der Waals surface area (Å²) in [6, 6.07) is 0. The van der Waals surface area contributed by atoms with Gasteiger partial charge in [-0.15, -0.1) is 0 Å². The molecule has 0 radical (unpaired) electrons. The zero-order chi connectivity index (χ0) is 17.8. The van der Waals surface area contributed by atoms with Gasteiger partial charge in [-0.3, -0.25) is 18.7 Å². The molecule has 9 nitrogen and oxygen atoms in total. The summed E-state index contributed by atoms with van der Waals surface area (Å²) in [5.41, 5.74) is 0. The molecule has 0 aromatic rings. The average molecular weight is 372 g/mol. The minimum absolute atomic E-state index is 0.0194. The van der Waals surface area contributed by atoms with Crippen molar-refractivity contribution in [2.75, 3.05) is 0 Å². The second kappa shape index (κ2) is 7.69. The summed E-state index contributed by atoms with van der Waals surface area (Å²) in [7, 11) is -8.56. The van der Waals surface area contributed by atoms with Gasteiger partial charge >= 0.3 is 11.9 Å². The summed E-state index contributed by atoms with van der Waals surface area (Å²) in [6.45, 7) is 1.29. The van der Waals surface area contributed by atoms with Crippen LogP contribution in [-0.4, -0.2) is 48.4 Å². The third kappa shape index (κ3) is 6.53. The van der Waals surface area contributed by atoms with Crippen LogP contribution in [0.15, 0.2) is 0 Å². The zero-order valence-corrected chi connectivity index (χ0v) is 14.2. The highest BCUT2D eigenvalue weighted by molar-refractivity contribution is 7.86. The van der Waals surface area contributed by atoms with E-state index in [9.17, 15) is 31.0 Å². The predicted octanol–water partition coefficient (Wildman–Crippen LogP) is 0.559. The zero-order valence-electron chi connectivity index (χ0n) is 12.5. The van der Waals surface area contributed by atoms with Crippen LogP contribution in [0.25, 0.3) is 0 Å². The molecule has 11 heteroatoms. The van der Waals surface area contributed by atoms with Gasteiger partial charge in [-0.25, -0.2) is 0 Å². The van der Waals surface area contributed by atoms with Crippen molar-refractivity contribution in [2.45, 2.75) is 55.9 Å². The summed E-state index contributed by atoms with van der Waals surface area (Å²) in [5.74, 6) is -2.09. The first-order chi connectivity index (χ1) is 10.4. The molecule has 1 saturated heterocycles. The van der Waals surface area contributed by atoms with E-state index in [4.69, 9.17) is 4.55 Å². The van der Waals surface area contributed by atoms with E-state index in [0.717, 1.165) is 0 Å². The van der Waals surface area contributed by atoms with Crippen molar-refractivity contribution in [3.8, 4) is 0 Å². The van der Waals surface area contributed by atoms with Gasteiger partial charge in [-0.1, -0.05) is 6.42 Å². The van der Waals surface area contributed by atoms with Crippen molar-refractivity contribution in [3.63, 3.8) is 0 Å². The van der Waals surface area contributed by atoms with Crippen LogP contribution < -0.4 is 0 Å². The molecule has 1 heterocycles. The number of carbonyl (C=O) groups excluding carboxylic acids is 2. The minimum Gasteiger partial charge on any atom is -0.393 e. The quantitative estimate of drug-likeness (QED) is 0.336. The number of cyclic esters (lactones) is 2. The normalized spacial score (nSPS) is 22.0. The minimum atomic E-state index is -4.37. The van der Waals surface area contributed by atoms with E-state index in [1.165, 1.54) is 6.92 Å². The van der Waals surface area contributed by atoms with Crippen molar-refractivity contribution < 1.29 is 40.3 Å². The molecular formula is C12H20O9S2. The molecule has 1 aliphatic rings. The Balaban J connectivity index is 2.54. The van der Waals surface area contributed by atoms with Crippen LogP contribution in [0.3, 0.4) is 0 Å². The number of hydrogen-bond donors (Lipinski definition) is 2. The lowest BCUT2D eigenvalue weighted by molar-refractivity contribution is -0.153. The first kappa shape index (κ1) is 20.0.